The lowest BCUT2D eigenvalue weighted by molar-refractivity contribution is 0.255. The Hall–Kier alpha value is -1.02. The molecule has 7 heteroatoms. The lowest BCUT2D eigenvalue weighted by Crippen LogP contribution is -2.46. The molecule has 1 N–H and O–H groups in total. The molecule has 0 spiro atoms. The van der Waals surface area contributed by atoms with Crippen LogP contribution in [0.15, 0.2) is 24.5 Å². The number of piperidine rings is 1. The molecule has 0 aliphatic carbocycles. The minimum Gasteiger partial charge on any atom is -0.319 e. The lowest BCUT2D eigenvalue weighted by Gasteiger charge is -2.33. The van der Waals surface area contributed by atoms with Crippen molar-refractivity contribution in [2.75, 3.05) is 33.7 Å². The van der Waals surface area contributed by atoms with Gasteiger partial charge in [-0.05, 0) is 50.0 Å². The Morgan fingerprint density at radius 2 is 1.95 bits per heavy atom. The average molecular weight is 312 g/mol. The van der Waals surface area contributed by atoms with Gasteiger partial charge in [0.05, 0.1) is 0 Å². The van der Waals surface area contributed by atoms with Gasteiger partial charge in [-0.1, -0.05) is 0 Å². The summed E-state index contributed by atoms with van der Waals surface area (Å²) >= 11 is 0. The Kier molecular flexibility index (Phi) is 5.69. The van der Waals surface area contributed by atoms with Gasteiger partial charge in [0.15, 0.2) is 0 Å². The SMILES string of the molecule is CNCC1CCN(S(=O)(=O)N(C)Cc2ccncc2)CC1. The molecular weight excluding hydrogens is 288 g/mol. The topological polar surface area (TPSA) is 65.5 Å². The Morgan fingerprint density at radius 1 is 1.33 bits per heavy atom. The van der Waals surface area contributed by atoms with Gasteiger partial charge in [0.25, 0.3) is 10.2 Å². The molecule has 0 aromatic carbocycles. The molecule has 6 nitrogen and oxygen atoms in total. The van der Waals surface area contributed by atoms with Crippen molar-refractivity contribution < 1.29 is 8.42 Å². The fourth-order valence-corrected chi connectivity index (χ4v) is 4.04. The van der Waals surface area contributed by atoms with Gasteiger partial charge in [-0.15, -0.1) is 0 Å². The van der Waals surface area contributed by atoms with Crippen LogP contribution in [0.2, 0.25) is 0 Å². The highest BCUT2D eigenvalue weighted by Gasteiger charge is 2.30. The van der Waals surface area contributed by atoms with Gasteiger partial charge in [0, 0.05) is 39.1 Å². The third-order valence-corrected chi connectivity index (χ3v) is 5.88. The molecule has 2 heterocycles. The van der Waals surface area contributed by atoms with E-state index < -0.39 is 10.2 Å². The number of hydrogen-bond donors (Lipinski definition) is 1. The molecule has 0 atom stereocenters. The largest absolute Gasteiger partial charge is 0.319 e. The first kappa shape index (κ1) is 16.4. The van der Waals surface area contributed by atoms with Crippen molar-refractivity contribution in [1.82, 2.24) is 18.9 Å². The summed E-state index contributed by atoms with van der Waals surface area (Å²) < 4.78 is 28.2. The molecular formula is C14H24N4O2S. The van der Waals surface area contributed by atoms with Crippen LogP contribution in [0.4, 0.5) is 0 Å². The predicted octanol–water partition coefficient (Wildman–Crippen LogP) is 0.690. The molecule has 1 aromatic heterocycles. The maximum Gasteiger partial charge on any atom is 0.282 e. The van der Waals surface area contributed by atoms with Crippen molar-refractivity contribution in [2.24, 2.45) is 5.92 Å². The second-order valence-electron chi connectivity index (χ2n) is 5.52. The van der Waals surface area contributed by atoms with E-state index in [4.69, 9.17) is 0 Å². The van der Waals surface area contributed by atoms with Crippen LogP contribution in [0.5, 0.6) is 0 Å². The molecule has 0 bridgehead atoms. The number of pyridine rings is 1. The van der Waals surface area contributed by atoms with Gasteiger partial charge >= 0.3 is 0 Å². The summed E-state index contributed by atoms with van der Waals surface area (Å²) in [6, 6.07) is 3.68. The van der Waals surface area contributed by atoms with Crippen LogP contribution in [0, 0.1) is 5.92 Å². The summed E-state index contributed by atoms with van der Waals surface area (Å²) in [7, 11) is 0.198. The number of hydrogen-bond acceptors (Lipinski definition) is 4. The summed E-state index contributed by atoms with van der Waals surface area (Å²) in [6.45, 7) is 2.55. The van der Waals surface area contributed by atoms with Gasteiger partial charge in [0.1, 0.15) is 0 Å². The average Bonchev–Trinajstić information content (AvgIpc) is 2.49. The van der Waals surface area contributed by atoms with Crippen molar-refractivity contribution >= 4 is 10.2 Å². The summed E-state index contributed by atoms with van der Waals surface area (Å²) in [5.41, 5.74) is 0.946. The number of aromatic nitrogens is 1. The minimum absolute atomic E-state index is 0.376. The summed E-state index contributed by atoms with van der Waals surface area (Å²) in [5, 5.41) is 3.16. The molecule has 0 amide bonds. The molecule has 1 aliphatic rings. The van der Waals surface area contributed by atoms with Crippen molar-refractivity contribution in [2.45, 2.75) is 19.4 Å². The van der Waals surface area contributed by atoms with Gasteiger partial charge in [-0.25, -0.2) is 0 Å². The Bertz CT molecular complexity index is 527. The van der Waals surface area contributed by atoms with E-state index in [9.17, 15) is 8.42 Å². The molecule has 118 valence electrons. The quantitative estimate of drug-likeness (QED) is 0.839. The maximum absolute atomic E-state index is 12.6. The van der Waals surface area contributed by atoms with E-state index in [0.29, 0.717) is 25.6 Å². The van der Waals surface area contributed by atoms with E-state index in [1.54, 1.807) is 23.7 Å². The van der Waals surface area contributed by atoms with Crippen LogP contribution < -0.4 is 5.32 Å². The number of rotatable bonds is 6. The van der Waals surface area contributed by atoms with Crippen molar-refractivity contribution in [3.8, 4) is 0 Å². The van der Waals surface area contributed by atoms with E-state index in [1.165, 1.54) is 4.31 Å². The molecule has 0 unspecified atom stereocenters. The van der Waals surface area contributed by atoms with Gasteiger partial charge < -0.3 is 5.32 Å². The predicted molar refractivity (Wildman–Crippen MR) is 82.8 cm³/mol. The number of nitrogens with one attached hydrogen (secondary N) is 1. The molecule has 1 aromatic rings. The van der Waals surface area contributed by atoms with Crippen molar-refractivity contribution in [1.29, 1.82) is 0 Å². The van der Waals surface area contributed by atoms with Crippen LogP contribution in [-0.2, 0) is 16.8 Å². The Labute approximate surface area is 127 Å². The lowest BCUT2D eigenvalue weighted by atomic mass is 9.98. The maximum atomic E-state index is 12.6. The van der Waals surface area contributed by atoms with E-state index in [0.717, 1.165) is 24.9 Å². The smallest absolute Gasteiger partial charge is 0.282 e. The van der Waals surface area contributed by atoms with Crippen molar-refractivity contribution in [3.63, 3.8) is 0 Å². The van der Waals surface area contributed by atoms with E-state index in [-0.39, 0.29) is 0 Å². The zero-order chi connectivity index (χ0) is 15.3. The van der Waals surface area contributed by atoms with Crippen LogP contribution in [0.25, 0.3) is 0 Å². The summed E-state index contributed by atoms with van der Waals surface area (Å²) in [6.07, 6.45) is 5.20. The Morgan fingerprint density at radius 3 is 2.52 bits per heavy atom. The fraction of sp³-hybridized carbons (Fsp3) is 0.643. The van der Waals surface area contributed by atoms with Gasteiger partial charge in [-0.3, -0.25) is 4.98 Å². The molecule has 1 aliphatic heterocycles. The molecule has 21 heavy (non-hydrogen) atoms. The van der Waals surface area contributed by atoms with Crippen LogP contribution in [0.1, 0.15) is 18.4 Å². The first-order valence-electron chi connectivity index (χ1n) is 7.29. The zero-order valence-corrected chi connectivity index (χ0v) is 13.5. The summed E-state index contributed by atoms with van der Waals surface area (Å²) in [5.74, 6) is 0.576. The molecule has 0 radical (unpaired) electrons. The van der Waals surface area contributed by atoms with Crippen molar-refractivity contribution in [3.05, 3.63) is 30.1 Å². The normalized spacial score (nSPS) is 18.2. The first-order chi connectivity index (χ1) is 10.0. The van der Waals surface area contributed by atoms with E-state index in [2.05, 4.69) is 10.3 Å². The number of nitrogens with zero attached hydrogens (tertiary/aromatic N) is 3. The minimum atomic E-state index is -3.37. The molecule has 1 fully saturated rings. The van der Waals surface area contributed by atoms with Crippen LogP contribution >= 0.6 is 0 Å². The second kappa shape index (κ2) is 7.31. The fourth-order valence-electron chi connectivity index (χ4n) is 2.66. The van der Waals surface area contributed by atoms with Crippen LogP contribution in [-0.4, -0.2) is 55.7 Å². The second-order valence-corrected chi connectivity index (χ2v) is 7.55. The van der Waals surface area contributed by atoms with Crippen LogP contribution in [0.3, 0.4) is 0 Å². The van der Waals surface area contributed by atoms with E-state index in [1.807, 2.05) is 19.2 Å². The highest BCUT2D eigenvalue weighted by molar-refractivity contribution is 7.86. The molecule has 2 rings (SSSR count). The van der Waals surface area contributed by atoms with Gasteiger partial charge in [-0.2, -0.15) is 17.0 Å². The molecule has 1 saturated heterocycles. The highest BCUT2D eigenvalue weighted by Crippen LogP contribution is 2.21. The highest BCUT2D eigenvalue weighted by atomic mass is 32.2. The Balaban J connectivity index is 1.95. The van der Waals surface area contributed by atoms with E-state index >= 15 is 0 Å². The summed E-state index contributed by atoms with van der Waals surface area (Å²) in [4.78, 5) is 3.95. The zero-order valence-electron chi connectivity index (χ0n) is 12.7. The first-order valence-corrected chi connectivity index (χ1v) is 8.68. The third kappa shape index (κ3) is 4.23. The van der Waals surface area contributed by atoms with Gasteiger partial charge in [0.2, 0.25) is 0 Å². The third-order valence-electron chi connectivity index (χ3n) is 3.94. The molecule has 0 saturated carbocycles. The monoisotopic (exact) mass is 312 g/mol. The standard InChI is InChI=1S/C14H24N4O2S/c1-15-11-13-5-9-18(10-6-13)21(19,20)17(2)12-14-3-7-16-8-4-14/h3-4,7-8,13,15H,5-6,9-12H2,1-2H3.